The lowest BCUT2D eigenvalue weighted by Gasteiger charge is -2.13. The van der Waals surface area contributed by atoms with Gasteiger partial charge in [0, 0.05) is 15.7 Å². The molecule has 3 N–H and O–H groups in total. The van der Waals surface area contributed by atoms with Crippen LogP contribution in [0.4, 0.5) is 10.5 Å². The summed E-state index contributed by atoms with van der Waals surface area (Å²) in [6.07, 6.45) is 2.07. The number of urea groups is 1. The number of nitrogens with zero attached hydrogens (tertiary/aromatic N) is 1. The summed E-state index contributed by atoms with van der Waals surface area (Å²) in [6, 6.07) is 9.80. The lowest BCUT2D eigenvalue weighted by molar-refractivity contribution is -0.127. The quantitative estimate of drug-likeness (QED) is 0.408. The van der Waals surface area contributed by atoms with Gasteiger partial charge in [0.25, 0.3) is 5.91 Å². The number of hydrogen-bond donors (Lipinski definition) is 3. The fraction of sp³-hybridized carbons (Fsp3) is 0.227. The topological polar surface area (TPSA) is 108 Å². The Balaban J connectivity index is 1.77. The molecule has 1 saturated heterocycles. The van der Waals surface area contributed by atoms with Gasteiger partial charge in [-0.05, 0) is 43.2 Å². The van der Waals surface area contributed by atoms with Crippen molar-refractivity contribution in [2.45, 2.75) is 20.3 Å². The number of nitrogens with one attached hydrogen (secondary N) is 2. The third-order valence-corrected chi connectivity index (χ3v) is 5.06. The molecular weight excluding hydrogens is 466 g/mol. The Bertz CT molecular complexity index is 1070. The first-order valence-corrected chi connectivity index (χ1v) is 10.5. The van der Waals surface area contributed by atoms with Crippen LogP contribution in [0.3, 0.4) is 0 Å². The molecule has 9 heteroatoms. The molecule has 1 aliphatic rings. The highest BCUT2D eigenvalue weighted by molar-refractivity contribution is 9.10. The van der Waals surface area contributed by atoms with Gasteiger partial charge in [-0.1, -0.05) is 41.1 Å². The second-order valence-electron chi connectivity index (χ2n) is 6.71. The normalized spacial score (nSPS) is 14.7. The van der Waals surface area contributed by atoms with Gasteiger partial charge in [-0.25, -0.2) is 9.69 Å². The van der Waals surface area contributed by atoms with Crippen molar-refractivity contribution in [3.8, 4) is 11.5 Å². The summed E-state index contributed by atoms with van der Waals surface area (Å²) in [5.74, 6) is -1.07. The van der Waals surface area contributed by atoms with Gasteiger partial charge in [0.1, 0.15) is 12.2 Å². The summed E-state index contributed by atoms with van der Waals surface area (Å²) < 4.78 is 6.00. The number of phenolic OH excluding ortho intramolecular Hbond substituents is 1. The number of ether oxygens (including phenoxy) is 1. The van der Waals surface area contributed by atoms with Crippen molar-refractivity contribution in [1.29, 1.82) is 0 Å². The van der Waals surface area contributed by atoms with Crippen LogP contribution in [-0.4, -0.2) is 41.0 Å². The van der Waals surface area contributed by atoms with E-state index < -0.39 is 24.4 Å². The summed E-state index contributed by atoms with van der Waals surface area (Å²) in [6.45, 7) is 3.66. The minimum Gasteiger partial charge on any atom is -0.504 e. The molecule has 1 heterocycles. The first-order valence-electron chi connectivity index (χ1n) is 9.71. The zero-order valence-electron chi connectivity index (χ0n) is 17.1. The fourth-order valence-electron chi connectivity index (χ4n) is 3.12. The van der Waals surface area contributed by atoms with E-state index in [0.717, 1.165) is 16.9 Å². The fourth-order valence-corrected chi connectivity index (χ4v) is 3.58. The first-order chi connectivity index (χ1) is 14.8. The van der Waals surface area contributed by atoms with Gasteiger partial charge in [-0.15, -0.1) is 0 Å². The van der Waals surface area contributed by atoms with Gasteiger partial charge >= 0.3 is 6.03 Å². The number of hydrogen-bond acceptors (Lipinski definition) is 5. The van der Waals surface area contributed by atoms with Crippen molar-refractivity contribution in [3.63, 3.8) is 0 Å². The number of benzene rings is 2. The summed E-state index contributed by atoms with van der Waals surface area (Å²) in [4.78, 5) is 38.3. The van der Waals surface area contributed by atoms with E-state index in [0.29, 0.717) is 16.8 Å². The smallest absolute Gasteiger partial charge is 0.329 e. The average Bonchev–Trinajstić information content (AvgIpc) is 2.99. The first kappa shape index (κ1) is 22.4. The minimum absolute atomic E-state index is 0.0531. The molecule has 3 rings (SSSR count). The molecule has 8 nitrogen and oxygen atoms in total. The lowest BCUT2D eigenvalue weighted by atomic mass is 10.1. The van der Waals surface area contributed by atoms with E-state index in [1.165, 1.54) is 6.08 Å². The maximum atomic E-state index is 12.7. The number of carbonyl (C=O) groups excluding carboxylic acids is 3. The second kappa shape index (κ2) is 9.65. The highest BCUT2D eigenvalue weighted by atomic mass is 79.9. The van der Waals surface area contributed by atoms with Gasteiger partial charge in [0.05, 0.1) is 6.61 Å². The molecule has 31 heavy (non-hydrogen) atoms. The zero-order valence-corrected chi connectivity index (χ0v) is 18.7. The van der Waals surface area contributed by atoms with Crippen molar-refractivity contribution in [1.82, 2.24) is 10.2 Å². The molecule has 0 radical (unpaired) electrons. The van der Waals surface area contributed by atoms with E-state index >= 15 is 0 Å². The van der Waals surface area contributed by atoms with Crippen LogP contribution in [-0.2, 0) is 16.0 Å². The van der Waals surface area contributed by atoms with Crippen molar-refractivity contribution in [2.24, 2.45) is 0 Å². The van der Waals surface area contributed by atoms with Crippen molar-refractivity contribution in [2.75, 3.05) is 18.5 Å². The number of imide groups is 1. The van der Waals surface area contributed by atoms with Crippen LogP contribution >= 0.6 is 15.9 Å². The van der Waals surface area contributed by atoms with E-state index in [2.05, 4.69) is 26.6 Å². The predicted octanol–water partition coefficient (Wildman–Crippen LogP) is 3.65. The maximum absolute atomic E-state index is 12.7. The van der Waals surface area contributed by atoms with Gasteiger partial charge in [0.2, 0.25) is 5.91 Å². The Morgan fingerprint density at radius 2 is 2.00 bits per heavy atom. The summed E-state index contributed by atoms with van der Waals surface area (Å²) >= 11 is 3.33. The van der Waals surface area contributed by atoms with Crippen LogP contribution in [0.1, 0.15) is 25.0 Å². The molecule has 0 unspecified atom stereocenters. The van der Waals surface area contributed by atoms with Crippen LogP contribution in [0, 0.1) is 0 Å². The van der Waals surface area contributed by atoms with Crippen molar-refractivity contribution >= 4 is 45.5 Å². The zero-order chi connectivity index (χ0) is 22.5. The van der Waals surface area contributed by atoms with Crippen LogP contribution < -0.4 is 15.4 Å². The van der Waals surface area contributed by atoms with E-state index in [9.17, 15) is 19.5 Å². The Labute approximate surface area is 188 Å². The molecule has 0 saturated carbocycles. The predicted molar refractivity (Wildman–Crippen MR) is 120 cm³/mol. The molecule has 1 fully saturated rings. The molecule has 0 atom stereocenters. The number of halogens is 1. The number of aromatic hydroxyl groups is 1. The molecule has 2 aromatic carbocycles. The third kappa shape index (κ3) is 5.05. The number of para-hydroxylation sites is 1. The minimum atomic E-state index is -0.713. The molecule has 0 spiro atoms. The Kier molecular flexibility index (Phi) is 6.96. The Morgan fingerprint density at radius 3 is 2.71 bits per heavy atom. The highest BCUT2D eigenvalue weighted by Crippen LogP contribution is 2.35. The molecule has 4 amide bonds. The van der Waals surface area contributed by atoms with Gasteiger partial charge in [-0.2, -0.15) is 0 Å². The van der Waals surface area contributed by atoms with Crippen molar-refractivity contribution in [3.05, 3.63) is 57.7 Å². The average molecular weight is 488 g/mol. The number of rotatable bonds is 7. The number of aryl methyl sites for hydroxylation is 1. The largest absolute Gasteiger partial charge is 0.504 e. The lowest BCUT2D eigenvalue weighted by Crippen LogP contribution is -2.38. The van der Waals surface area contributed by atoms with Crippen LogP contribution in [0.2, 0.25) is 0 Å². The number of phenols is 1. The van der Waals surface area contributed by atoms with Gasteiger partial charge in [0.15, 0.2) is 11.5 Å². The van der Waals surface area contributed by atoms with Gasteiger partial charge < -0.3 is 20.5 Å². The van der Waals surface area contributed by atoms with Crippen LogP contribution in [0.15, 0.2) is 46.6 Å². The molecule has 162 valence electrons. The van der Waals surface area contributed by atoms with Crippen LogP contribution in [0.25, 0.3) is 6.08 Å². The second-order valence-corrected chi connectivity index (χ2v) is 7.63. The van der Waals surface area contributed by atoms with E-state index in [4.69, 9.17) is 4.74 Å². The maximum Gasteiger partial charge on any atom is 0.329 e. The number of amides is 4. The van der Waals surface area contributed by atoms with Crippen molar-refractivity contribution < 1.29 is 24.2 Å². The van der Waals surface area contributed by atoms with Crippen LogP contribution in [0.5, 0.6) is 11.5 Å². The molecule has 1 aliphatic heterocycles. The Morgan fingerprint density at radius 1 is 1.26 bits per heavy atom. The molecule has 2 aromatic rings. The molecular formula is C22H22BrN3O5. The Hall–Kier alpha value is -3.33. The summed E-state index contributed by atoms with van der Waals surface area (Å²) in [5.41, 5.74) is 1.82. The summed E-state index contributed by atoms with van der Waals surface area (Å²) in [5, 5.41) is 15.6. The standard InChI is InChI=1S/C22H22BrN3O5/c1-3-13-7-5-6-8-16(13)24-19(27)12-26-21(29)17(25-22(26)30)10-14-9-15(23)11-18(20(14)28)31-4-2/h5-11,28H,3-4,12H2,1-2H3,(H,24,27)(H,25,30)/b17-10+. The van der Waals surface area contributed by atoms with Gasteiger partial charge in [-0.3, -0.25) is 9.59 Å². The van der Waals surface area contributed by atoms with E-state index in [1.807, 2.05) is 19.1 Å². The van der Waals surface area contributed by atoms with E-state index in [1.54, 1.807) is 31.2 Å². The monoisotopic (exact) mass is 487 g/mol. The summed E-state index contributed by atoms with van der Waals surface area (Å²) in [7, 11) is 0. The number of carbonyl (C=O) groups is 3. The number of anilines is 1. The highest BCUT2D eigenvalue weighted by Gasteiger charge is 2.35. The molecule has 0 bridgehead atoms. The third-order valence-electron chi connectivity index (χ3n) is 4.61. The molecule has 0 aromatic heterocycles. The SMILES string of the molecule is CCOc1cc(Br)cc(/C=C2/NC(=O)N(CC(=O)Nc3ccccc3CC)C2=O)c1O. The molecule has 0 aliphatic carbocycles. The van der Waals surface area contributed by atoms with E-state index in [-0.39, 0.29) is 22.8 Å².